The molecule has 1 atom stereocenters. The summed E-state index contributed by atoms with van der Waals surface area (Å²) in [5.41, 5.74) is 1.32. The number of nitrogens with one attached hydrogen (secondary N) is 1. The molecule has 2 heteroatoms. The van der Waals surface area contributed by atoms with E-state index in [2.05, 4.69) is 37.4 Å². The van der Waals surface area contributed by atoms with Crippen molar-refractivity contribution in [1.82, 2.24) is 5.32 Å². The maximum Gasteiger partial charge on any atom is 0.119 e. The van der Waals surface area contributed by atoms with Gasteiger partial charge < -0.3 is 10.1 Å². The molecule has 1 aromatic rings. The molecule has 20 heavy (non-hydrogen) atoms. The van der Waals surface area contributed by atoms with Crippen molar-refractivity contribution in [3.63, 3.8) is 0 Å². The molecule has 1 N–H and O–H groups in total. The van der Waals surface area contributed by atoms with Crippen LogP contribution in [0.2, 0.25) is 0 Å². The molecule has 0 heterocycles. The summed E-state index contributed by atoms with van der Waals surface area (Å²) in [4.78, 5) is 0. The van der Waals surface area contributed by atoms with Gasteiger partial charge in [-0.1, -0.05) is 31.9 Å². The summed E-state index contributed by atoms with van der Waals surface area (Å²) in [6.07, 6.45) is 8.21. The highest BCUT2D eigenvalue weighted by molar-refractivity contribution is 5.30. The molecule has 0 aliphatic heterocycles. The molecule has 1 aromatic carbocycles. The predicted molar refractivity (Wildman–Crippen MR) is 85.2 cm³/mol. The first kappa shape index (κ1) is 15.4. The monoisotopic (exact) mass is 275 g/mol. The second kappa shape index (κ2) is 7.68. The molecule has 1 aliphatic rings. The Bertz CT molecular complexity index is 396. The van der Waals surface area contributed by atoms with E-state index in [0.717, 1.165) is 11.7 Å². The summed E-state index contributed by atoms with van der Waals surface area (Å²) < 4.78 is 5.31. The van der Waals surface area contributed by atoms with Gasteiger partial charge in [0.1, 0.15) is 5.75 Å². The second-order valence-electron chi connectivity index (χ2n) is 6.17. The quantitative estimate of drug-likeness (QED) is 0.812. The number of hydrogen-bond acceptors (Lipinski definition) is 2. The highest BCUT2D eigenvalue weighted by atomic mass is 16.5. The van der Waals surface area contributed by atoms with Crippen molar-refractivity contribution in [2.75, 3.05) is 7.11 Å². The first-order valence-corrected chi connectivity index (χ1v) is 8.13. The van der Waals surface area contributed by atoms with Crippen LogP contribution in [0.15, 0.2) is 24.3 Å². The summed E-state index contributed by atoms with van der Waals surface area (Å²) in [7, 11) is 1.73. The van der Waals surface area contributed by atoms with Crippen LogP contribution in [0, 0.1) is 5.92 Å². The molecule has 2 rings (SSSR count). The van der Waals surface area contributed by atoms with E-state index in [9.17, 15) is 0 Å². The molecular weight excluding hydrogens is 246 g/mol. The maximum atomic E-state index is 5.31. The Balaban J connectivity index is 1.84. The first-order valence-electron chi connectivity index (χ1n) is 8.13. The van der Waals surface area contributed by atoms with Gasteiger partial charge in [0.15, 0.2) is 0 Å². The molecule has 0 radical (unpaired) electrons. The van der Waals surface area contributed by atoms with Crippen molar-refractivity contribution in [3.8, 4) is 5.75 Å². The average Bonchev–Trinajstić information content (AvgIpc) is 2.49. The highest BCUT2D eigenvalue weighted by Crippen LogP contribution is 2.29. The van der Waals surface area contributed by atoms with E-state index in [1.54, 1.807) is 7.11 Å². The third-order valence-electron chi connectivity index (χ3n) is 4.62. The minimum Gasteiger partial charge on any atom is -0.497 e. The molecule has 0 aromatic heterocycles. The lowest BCUT2D eigenvalue weighted by atomic mass is 9.83. The normalized spacial score (nSPS) is 24.4. The van der Waals surface area contributed by atoms with Crippen LogP contribution in [0.1, 0.15) is 64.0 Å². The van der Waals surface area contributed by atoms with Crippen molar-refractivity contribution in [2.24, 2.45) is 5.92 Å². The van der Waals surface area contributed by atoms with Crippen LogP contribution in [0.3, 0.4) is 0 Å². The van der Waals surface area contributed by atoms with Crippen molar-refractivity contribution in [2.45, 2.75) is 64.5 Å². The lowest BCUT2D eigenvalue weighted by molar-refractivity contribution is 0.266. The number of rotatable bonds is 6. The summed E-state index contributed by atoms with van der Waals surface area (Å²) in [5, 5.41) is 3.79. The van der Waals surface area contributed by atoms with E-state index in [4.69, 9.17) is 4.74 Å². The summed E-state index contributed by atoms with van der Waals surface area (Å²) in [6.45, 7) is 4.56. The topological polar surface area (TPSA) is 21.3 Å². The predicted octanol–water partition coefficient (Wildman–Crippen LogP) is 4.70. The fourth-order valence-electron chi connectivity index (χ4n) is 3.39. The van der Waals surface area contributed by atoms with Crippen molar-refractivity contribution >= 4 is 0 Å². The number of ether oxygens (including phenoxy) is 1. The van der Waals surface area contributed by atoms with Gasteiger partial charge >= 0.3 is 0 Å². The summed E-state index contributed by atoms with van der Waals surface area (Å²) >= 11 is 0. The number of benzene rings is 1. The summed E-state index contributed by atoms with van der Waals surface area (Å²) in [5.74, 6) is 1.92. The second-order valence-corrected chi connectivity index (χ2v) is 6.17. The lowest BCUT2D eigenvalue weighted by Gasteiger charge is -2.31. The van der Waals surface area contributed by atoms with Crippen LogP contribution in [-0.2, 0) is 0 Å². The minimum absolute atomic E-state index is 0.401. The van der Waals surface area contributed by atoms with E-state index in [0.29, 0.717) is 12.1 Å². The van der Waals surface area contributed by atoms with Gasteiger partial charge in [-0.3, -0.25) is 0 Å². The third-order valence-corrected chi connectivity index (χ3v) is 4.62. The maximum absolute atomic E-state index is 5.31. The molecule has 1 fully saturated rings. The van der Waals surface area contributed by atoms with Crippen molar-refractivity contribution < 1.29 is 4.74 Å². The van der Waals surface area contributed by atoms with Crippen LogP contribution < -0.4 is 10.1 Å². The standard InChI is InChI=1S/C18H29NO/c1-4-6-15-9-11-17(12-10-15)19-14(2)16-7-5-8-18(13-16)20-3/h5,7-8,13-15,17,19H,4,6,9-12H2,1-3H3/t14-,15?,17?/m1/s1. The Morgan fingerprint density at radius 1 is 1.25 bits per heavy atom. The Kier molecular flexibility index (Phi) is 5.90. The smallest absolute Gasteiger partial charge is 0.119 e. The van der Waals surface area contributed by atoms with E-state index in [1.165, 1.54) is 44.1 Å². The Morgan fingerprint density at radius 3 is 2.65 bits per heavy atom. The Labute approximate surface area is 123 Å². The van der Waals surface area contributed by atoms with Crippen LogP contribution in [0.25, 0.3) is 0 Å². The summed E-state index contributed by atoms with van der Waals surface area (Å²) in [6, 6.07) is 9.49. The largest absolute Gasteiger partial charge is 0.497 e. The van der Waals surface area contributed by atoms with Crippen LogP contribution >= 0.6 is 0 Å². The zero-order chi connectivity index (χ0) is 14.4. The number of hydrogen-bond donors (Lipinski definition) is 1. The van der Waals surface area contributed by atoms with Gasteiger partial charge in [0.05, 0.1) is 7.11 Å². The molecule has 0 bridgehead atoms. The lowest BCUT2D eigenvalue weighted by Crippen LogP contribution is -2.35. The molecule has 0 amide bonds. The van der Waals surface area contributed by atoms with Crippen LogP contribution in [0.5, 0.6) is 5.75 Å². The van der Waals surface area contributed by atoms with E-state index < -0.39 is 0 Å². The fourth-order valence-corrected chi connectivity index (χ4v) is 3.39. The highest BCUT2D eigenvalue weighted by Gasteiger charge is 2.21. The Morgan fingerprint density at radius 2 is 2.00 bits per heavy atom. The molecule has 1 aliphatic carbocycles. The van der Waals surface area contributed by atoms with Gasteiger partial charge in [0.2, 0.25) is 0 Å². The van der Waals surface area contributed by atoms with Gasteiger partial charge in [0, 0.05) is 12.1 Å². The van der Waals surface area contributed by atoms with Crippen molar-refractivity contribution in [1.29, 1.82) is 0 Å². The molecule has 0 saturated heterocycles. The van der Waals surface area contributed by atoms with E-state index >= 15 is 0 Å². The molecule has 2 nitrogen and oxygen atoms in total. The zero-order valence-corrected chi connectivity index (χ0v) is 13.2. The molecule has 0 spiro atoms. The van der Waals surface area contributed by atoms with Gasteiger partial charge in [0.25, 0.3) is 0 Å². The minimum atomic E-state index is 0.401. The molecular formula is C18H29NO. The van der Waals surface area contributed by atoms with Gasteiger partial charge in [-0.2, -0.15) is 0 Å². The van der Waals surface area contributed by atoms with Gasteiger partial charge in [-0.15, -0.1) is 0 Å². The molecule has 112 valence electrons. The Hall–Kier alpha value is -1.02. The average molecular weight is 275 g/mol. The first-order chi connectivity index (χ1) is 9.72. The molecule has 1 saturated carbocycles. The van der Waals surface area contributed by atoms with E-state index in [1.807, 2.05) is 6.07 Å². The zero-order valence-electron chi connectivity index (χ0n) is 13.2. The number of methoxy groups -OCH3 is 1. The van der Waals surface area contributed by atoms with Gasteiger partial charge in [-0.05, 0) is 56.2 Å². The van der Waals surface area contributed by atoms with Crippen molar-refractivity contribution in [3.05, 3.63) is 29.8 Å². The fraction of sp³-hybridized carbons (Fsp3) is 0.667. The SMILES string of the molecule is CCCC1CCC(N[C@H](C)c2cccc(OC)c2)CC1. The van der Waals surface area contributed by atoms with Crippen LogP contribution in [0.4, 0.5) is 0 Å². The molecule has 0 unspecified atom stereocenters. The third kappa shape index (κ3) is 4.24. The van der Waals surface area contributed by atoms with Crippen LogP contribution in [-0.4, -0.2) is 13.2 Å². The van der Waals surface area contributed by atoms with E-state index in [-0.39, 0.29) is 0 Å². The van der Waals surface area contributed by atoms with Gasteiger partial charge in [-0.25, -0.2) is 0 Å².